The minimum absolute atomic E-state index is 0.0919. The van der Waals surface area contributed by atoms with E-state index in [0.717, 1.165) is 38.4 Å². The summed E-state index contributed by atoms with van der Waals surface area (Å²) in [5.74, 6) is 1.70. The van der Waals surface area contributed by atoms with E-state index in [2.05, 4.69) is 25.6 Å². The molecule has 20 heavy (non-hydrogen) atoms. The number of nitrogen functional groups attached to an aromatic ring is 1. The highest BCUT2D eigenvalue weighted by molar-refractivity contribution is 5.80. The molecule has 0 aromatic carbocycles. The van der Waals surface area contributed by atoms with Gasteiger partial charge in [-0.1, -0.05) is 5.21 Å². The molecule has 2 aromatic rings. The molecular formula is C12H17N7O. The highest BCUT2D eigenvalue weighted by atomic mass is 16.5. The van der Waals surface area contributed by atoms with Crippen molar-refractivity contribution in [1.29, 1.82) is 0 Å². The lowest BCUT2D eigenvalue weighted by molar-refractivity contribution is 0.0165. The average molecular weight is 275 g/mol. The molecule has 4 rings (SSSR count). The van der Waals surface area contributed by atoms with Crippen LogP contribution in [0.1, 0.15) is 24.6 Å². The van der Waals surface area contributed by atoms with Crippen molar-refractivity contribution in [2.24, 2.45) is 0 Å². The van der Waals surface area contributed by atoms with Gasteiger partial charge in [-0.05, 0) is 12.8 Å². The molecule has 0 amide bonds. The van der Waals surface area contributed by atoms with Gasteiger partial charge in [0.2, 0.25) is 0 Å². The molecule has 0 unspecified atom stereocenters. The third kappa shape index (κ3) is 2.10. The second kappa shape index (κ2) is 4.64. The first kappa shape index (κ1) is 12.0. The van der Waals surface area contributed by atoms with E-state index in [9.17, 15) is 0 Å². The Bertz CT molecular complexity index is 630. The summed E-state index contributed by atoms with van der Waals surface area (Å²) in [6.07, 6.45) is 2.37. The van der Waals surface area contributed by atoms with Gasteiger partial charge in [0.1, 0.15) is 5.82 Å². The summed E-state index contributed by atoms with van der Waals surface area (Å²) in [6.45, 7) is 3.07. The fourth-order valence-electron chi connectivity index (χ4n) is 2.47. The maximum atomic E-state index is 5.96. The van der Waals surface area contributed by atoms with Gasteiger partial charge in [0.15, 0.2) is 17.0 Å². The smallest absolute Gasteiger partial charge is 0.184 e. The molecule has 1 aliphatic carbocycles. The van der Waals surface area contributed by atoms with E-state index in [0.29, 0.717) is 29.4 Å². The van der Waals surface area contributed by atoms with E-state index in [1.807, 2.05) is 0 Å². The van der Waals surface area contributed by atoms with E-state index in [-0.39, 0.29) is 6.10 Å². The van der Waals surface area contributed by atoms with Gasteiger partial charge in [-0.15, -0.1) is 5.10 Å². The van der Waals surface area contributed by atoms with Gasteiger partial charge in [-0.3, -0.25) is 0 Å². The van der Waals surface area contributed by atoms with Crippen molar-refractivity contribution in [3.63, 3.8) is 0 Å². The Balaban J connectivity index is 1.67. The summed E-state index contributed by atoms with van der Waals surface area (Å²) in [5.41, 5.74) is 7.26. The highest BCUT2D eigenvalue weighted by Crippen LogP contribution is 2.38. The molecule has 1 saturated carbocycles. The van der Waals surface area contributed by atoms with Crippen molar-refractivity contribution in [2.45, 2.75) is 31.4 Å². The molecule has 0 spiro atoms. The summed E-state index contributed by atoms with van der Waals surface area (Å²) in [5, 5.41) is 11.5. The average Bonchev–Trinajstić information content (AvgIpc) is 3.24. The molecule has 1 aliphatic heterocycles. The molecule has 1 saturated heterocycles. The van der Waals surface area contributed by atoms with Gasteiger partial charge in [-0.2, -0.15) is 0 Å². The Morgan fingerprint density at radius 3 is 3.00 bits per heavy atom. The molecule has 8 heteroatoms. The quantitative estimate of drug-likeness (QED) is 0.790. The standard InChI is InChI=1S/C12H17N7O/c13-10-9-12(16-11(15-10)7-1-2-7)19(18-17-9)6-8-5-14-3-4-20-8/h7-8,14H,1-6H2,(H2,13,15,16)/t8-/m1/s1. The molecule has 0 bridgehead atoms. The summed E-state index contributed by atoms with van der Waals surface area (Å²) in [6, 6.07) is 0. The molecule has 106 valence electrons. The number of fused-ring (bicyclic) bond motifs is 1. The number of rotatable bonds is 3. The van der Waals surface area contributed by atoms with E-state index < -0.39 is 0 Å². The van der Waals surface area contributed by atoms with Crippen LogP contribution < -0.4 is 11.1 Å². The summed E-state index contributed by atoms with van der Waals surface area (Å²) in [4.78, 5) is 8.93. The minimum Gasteiger partial charge on any atom is -0.382 e. The summed E-state index contributed by atoms with van der Waals surface area (Å²) in [7, 11) is 0. The van der Waals surface area contributed by atoms with Crippen LogP contribution in [0.5, 0.6) is 0 Å². The van der Waals surface area contributed by atoms with E-state index in [1.165, 1.54) is 0 Å². The molecule has 2 fully saturated rings. The lowest BCUT2D eigenvalue weighted by atomic mass is 10.3. The lowest BCUT2D eigenvalue weighted by Crippen LogP contribution is -2.40. The minimum atomic E-state index is 0.0919. The van der Waals surface area contributed by atoms with Crippen molar-refractivity contribution >= 4 is 17.0 Å². The Morgan fingerprint density at radius 1 is 1.35 bits per heavy atom. The first-order chi connectivity index (χ1) is 9.81. The highest BCUT2D eigenvalue weighted by Gasteiger charge is 2.28. The fourth-order valence-corrected chi connectivity index (χ4v) is 2.47. The molecular weight excluding hydrogens is 258 g/mol. The first-order valence-electron chi connectivity index (χ1n) is 7.00. The van der Waals surface area contributed by atoms with E-state index >= 15 is 0 Å². The molecule has 8 nitrogen and oxygen atoms in total. The number of anilines is 1. The topological polar surface area (TPSA) is 104 Å². The Hall–Kier alpha value is -1.80. The zero-order valence-corrected chi connectivity index (χ0v) is 11.1. The molecule has 2 aliphatic rings. The maximum Gasteiger partial charge on any atom is 0.184 e. The third-order valence-electron chi connectivity index (χ3n) is 3.73. The van der Waals surface area contributed by atoms with Crippen molar-refractivity contribution in [2.75, 3.05) is 25.4 Å². The Kier molecular flexibility index (Phi) is 2.78. The fraction of sp³-hybridized carbons (Fsp3) is 0.667. The van der Waals surface area contributed by atoms with Crippen molar-refractivity contribution < 1.29 is 4.74 Å². The van der Waals surface area contributed by atoms with E-state index in [1.54, 1.807) is 4.68 Å². The van der Waals surface area contributed by atoms with Gasteiger partial charge in [0.05, 0.1) is 19.3 Å². The van der Waals surface area contributed by atoms with Gasteiger partial charge < -0.3 is 15.8 Å². The number of ether oxygens (including phenoxy) is 1. The van der Waals surface area contributed by atoms with Crippen molar-refractivity contribution in [3.05, 3.63) is 5.82 Å². The van der Waals surface area contributed by atoms with Crippen LogP contribution in [-0.4, -0.2) is 50.8 Å². The molecule has 3 N–H and O–H groups in total. The number of hydrogen-bond donors (Lipinski definition) is 2. The summed E-state index contributed by atoms with van der Waals surface area (Å²) >= 11 is 0. The van der Waals surface area contributed by atoms with Crippen LogP contribution in [0.4, 0.5) is 5.82 Å². The predicted molar refractivity (Wildman–Crippen MR) is 72.1 cm³/mol. The zero-order chi connectivity index (χ0) is 13.5. The number of nitrogens with one attached hydrogen (secondary N) is 1. The second-order valence-corrected chi connectivity index (χ2v) is 5.38. The second-order valence-electron chi connectivity index (χ2n) is 5.38. The maximum absolute atomic E-state index is 5.96. The molecule has 0 radical (unpaired) electrons. The largest absolute Gasteiger partial charge is 0.382 e. The Labute approximate surface area is 115 Å². The van der Waals surface area contributed by atoms with Gasteiger partial charge in [0.25, 0.3) is 0 Å². The van der Waals surface area contributed by atoms with Gasteiger partial charge in [0, 0.05) is 19.0 Å². The summed E-state index contributed by atoms with van der Waals surface area (Å²) < 4.78 is 7.47. The molecule has 3 heterocycles. The van der Waals surface area contributed by atoms with Crippen LogP contribution in [0, 0.1) is 0 Å². The number of hydrogen-bond acceptors (Lipinski definition) is 7. The predicted octanol–water partition coefficient (Wildman–Crippen LogP) is -0.331. The zero-order valence-electron chi connectivity index (χ0n) is 11.1. The van der Waals surface area contributed by atoms with Crippen LogP contribution in [0.15, 0.2) is 0 Å². The normalized spacial score (nSPS) is 23.3. The van der Waals surface area contributed by atoms with Crippen LogP contribution in [-0.2, 0) is 11.3 Å². The monoisotopic (exact) mass is 275 g/mol. The van der Waals surface area contributed by atoms with E-state index in [4.69, 9.17) is 10.5 Å². The third-order valence-corrected chi connectivity index (χ3v) is 3.73. The first-order valence-corrected chi connectivity index (χ1v) is 7.00. The number of nitrogens with two attached hydrogens (primary N) is 1. The van der Waals surface area contributed by atoms with Crippen LogP contribution in [0.25, 0.3) is 11.2 Å². The number of nitrogens with zero attached hydrogens (tertiary/aromatic N) is 5. The number of morpholine rings is 1. The SMILES string of the molecule is Nc1nc(C2CC2)nc2c1nnn2C[C@H]1CNCCO1. The lowest BCUT2D eigenvalue weighted by Gasteiger charge is -2.23. The Morgan fingerprint density at radius 2 is 2.25 bits per heavy atom. The van der Waals surface area contributed by atoms with Crippen LogP contribution in [0.2, 0.25) is 0 Å². The number of aromatic nitrogens is 5. The molecule has 2 aromatic heterocycles. The van der Waals surface area contributed by atoms with Crippen molar-refractivity contribution in [3.8, 4) is 0 Å². The molecule has 1 atom stereocenters. The van der Waals surface area contributed by atoms with Crippen molar-refractivity contribution in [1.82, 2.24) is 30.3 Å². The van der Waals surface area contributed by atoms with Crippen LogP contribution in [0.3, 0.4) is 0 Å². The van der Waals surface area contributed by atoms with Crippen LogP contribution >= 0.6 is 0 Å². The van der Waals surface area contributed by atoms with Gasteiger partial charge in [-0.25, -0.2) is 14.6 Å². The van der Waals surface area contributed by atoms with Gasteiger partial charge >= 0.3 is 0 Å².